The van der Waals surface area contributed by atoms with Gasteiger partial charge in [-0.3, -0.25) is 4.98 Å². The molecule has 0 aliphatic carbocycles. The Morgan fingerprint density at radius 2 is 2.24 bits per heavy atom. The average molecular weight is 367 g/mol. The van der Waals surface area contributed by atoms with E-state index in [1.807, 2.05) is 18.2 Å². The molecule has 0 fully saturated rings. The van der Waals surface area contributed by atoms with Gasteiger partial charge in [0.25, 0.3) is 0 Å². The maximum atomic E-state index is 11.3. The zero-order chi connectivity index (χ0) is 15.0. The molecule has 0 amide bonds. The van der Waals surface area contributed by atoms with Crippen LogP contribution >= 0.6 is 27.3 Å². The predicted molar refractivity (Wildman–Crippen MR) is 89.1 cm³/mol. The Hall–Kier alpha value is -1.37. The summed E-state index contributed by atoms with van der Waals surface area (Å²) in [7, 11) is 0. The van der Waals surface area contributed by atoms with E-state index in [0.717, 1.165) is 21.4 Å². The molecule has 21 heavy (non-hydrogen) atoms. The fraction of sp³-hybridized carbons (Fsp3) is 0.267. The largest absolute Gasteiger partial charge is 0.417 e. The summed E-state index contributed by atoms with van der Waals surface area (Å²) in [6.07, 6.45) is 0. The number of H-pyrrole nitrogens is 1. The third kappa shape index (κ3) is 2.84. The van der Waals surface area contributed by atoms with E-state index in [-0.39, 0.29) is 6.04 Å². The maximum absolute atomic E-state index is 11.3. The minimum Gasteiger partial charge on any atom is -0.408 e. The van der Waals surface area contributed by atoms with Gasteiger partial charge in [-0.05, 0) is 58.7 Å². The molecular weight excluding hydrogens is 352 g/mol. The van der Waals surface area contributed by atoms with E-state index in [1.165, 1.54) is 10.4 Å². The third-order valence-corrected chi connectivity index (χ3v) is 5.55. The minimum atomic E-state index is -0.420. The van der Waals surface area contributed by atoms with Crippen molar-refractivity contribution in [3.05, 3.63) is 54.6 Å². The molecule has 2 N–H and O–H groups in total. The van der Waals surface area contributed by atoms with E-state index in [1.54, 1.807) is 11.3 Å². The van der Waals surface area contributed by atoms with Crippen LogP contribution in [0, 0.1) is 6.92 Å². The Balaban J connectivity index is 2.07. The lowest BCUT2D eigenvalue weighted by molar-refractivity contribution is 0.554. The fourth-order valence-corrected chi connectivity index (χ4v) is 4.03. The molecule has 3 rings (SSSR count). The number of hydrogen-bond acceptors (Lipinski definition) is 4. The van der Waals surface area contributed by atoms with Gasteiger partial charge in [0.15, 0.2) is 5.58 Å². The number of oxazole rings is 1. The number of thiophene rings is 1. The molecular formula is C15H15BrN2O2S. The van der Waals surface area contributed by atoms with Gasteiger partial charge in [0, 0.05) is 4.88 Å². The van der Waals surface area contributed by atoms with Crippen molar-refractivity contribution in [1.29, 1.82) is 0 Å². The maximum Gasteiger partial charge on any atom is 0.417 e. The van der Waals surface area contributed by atoms with Crippen molar-refractivity contribution in [2.45, 2.75) is 19.9 Å². The smallest absolute Gasteiger partial charge is 0.408 e. The Morgan fingerprint density at radius 1 is 1.43 bits per heavy atom. The highest BCUT2D eigenvalue weighted by Gasteiger charge is 2.17. The number of aryl methyl sites for hydroxylation is 1. The SMILES string of the molecule is CCNC(c1ccc2[nH]c(=O)oc2c1)c1cc(C)c(Br)s1. The van der Waals surface area contributed by atoms with Crippen LogP contribution in [0.2, 0.25) is 0 Å². The summed E-state index contributed by atoms with van der Waals surface area (Å²) in [6, 6.07) is 8.09. The summed E-state index contributed by atoms with van der Waals surface area (Å²) < 4.78 is 6.30. The summed E-state index contributed by atoms with van der Waals surface area (Å²) in [4.78, 5) is 15.2. The van der Waals surface area contributed by atoms with Gasteiger partial charge in [-0.15, -0.1) is 11.3 Å². The molecule has 0 saturated heterocycles. The predicted octanol–water partition coefficient (Wildman–Crippen LogP) is 3.95. The van der Waals surface area contributed by atoms with Crippen LogP contribution in [-0.4, -0.2) is 11.5 Å². The lowest BCUT2D eigenvalue weighted by atomic mass is 10.0. The number of fused-ring (bicyclic) bond motifs is 1. The van der Waals surface area contributed by atoms with Crippen molar-refractivity contribution in [2.24, 2.45) is 0 Å². The first kappa shape index (κ1) is 14.6. The molecule has 0 saturated carbocycles. The molecule has 3 aromatic rings. The molecule has 0 spiro atoms. The van der Waals surface area contributed by atoms with Crippen molar-refractivity contribution < 1.29 is 4.42 Å². The van der Waals surface area contributed by atoms with Crippen LogP contribution in [0.5, 0.6) is 0 Å². The number of nitrogens with one attached hydrogen (secondary N) is 2. The minimum absolute atomic E-state index is 0.0922. The fourth-order valence-electron chi connectivity index (χ4n) is 2.35. The van der Waals surface area contributed by atoms with Gasteiger partial charge in [-0.1, -0.05) is 13.0 Å². The molecule has 0 aliphatic heterocycles. The van der Waals surface area contributed by atoms with Gasteiger partial charge in [-0.2, -0.15) is 0 Å². The molecule has 6 heteroatoms. The lowest BCUT2D eigenvalue weighted by Crippen LogP contribution is -2.21. The highest BCUT2D eigenvalue weighted by atomic mass is 79.9. The summed E-state index contributed by atoms with van der Waals surface area (Å²) in [5.74, 6) is -0.420. The number of aromatic amines is 1. The first-order chi connectivity index (χ1) is 10.1. The molecule has 1 aromatic carbocycles. The second kappa shape index (κ2) is 5.79. The van der Waals surface area contributed by atoms with Crippen LogP contribution in [0.3, 0.4) is 0 Å². The van der Waals surface area contributed by atoms with Crippen LogP contribution < -0.4 is 11.1 Å². The summed E-state index contributed by atoms with van der Waals surface area (Å²) in [6.45, 7) is 5.02. The van der Waals surface area contributed by atoms with Crippen molar-refractivity contribution in [2.75, 3.05) is 6.54 Å². The van der Waals surface area contributed by atoms with E-state index in [2.05, 4.69) is 46.1 Å². The molecule has 0 aliphatic rings. The quantitative estimate of drug-likeness (QED) is 0.734. The average Bonchev–Trinajstić information content (AvgIpc) is 2.97. The Labute approximate surface area is 134 Å². The third-order valence-electron chi connectivity index (χ3n) is 3.35. The van der Waals surface area contributed by atoms with Crippen LogP contribution in [0.15, 0.2) is 37.3 Å². The van der Waals surface area contributed by atoms with Crippen LogP contribution in [-0.2, 0) is 0 Å². The molecule has 110 valence electrons. The summed E-state index contributed by atoms with van der Waals surface area (Å²) >= 11 is 5.30. The number of halogens is 1. The zero-order valence-electron chi connectivity index (χ0n) is 11.7. The van der Waals surface area contributed by atoms with Gasteiger partial charge < -0.3 is 9.73 Å². The zero-order valence-corrected chi connectivity index (χ0v) is 14.1. The second-order valence-electron chi connectivity index (χ2n) is 4.87. The number of rotatable bonds is 4. The van der Waals surface area contributed by atoms with Crippen molar-refractivity contribution >= 4 is 38.4 Å². The summed E-state index contributed by atoms with van der Waals surface area (Å²) in [5.41, 5.74) is 3.63. The Morgan fingerprint density at radius 3 is 2.90 bits per heavy atom. The van der Waals surface area contributed by atoms with Gasteiger partial charge in [0.2, 0.25) is 0 Å². The number of aromatic nitrogens is 1. The van der Waals surface area contributed by atoms with E-state index in [9.17, 15) is 4.79 Å². The monoisotopic (exact) mass is 366 g/mol. The lowest BCUT2D eigenvalue weighted by Gasteiger charge is -2.16. The summed E-state index contributed by atoms with van der Waals surface area (Å²) in [5, 5.41) is 3.49. The molecule has 1 unspecified atom stereocenters. The standard InChI is InChI=1S/C15H15BrN2O2S/c1-3-17-13(12-6-8(2)14(16)21-12)9-4-5-10-11(7-9)20-15(19)18-10/h4-7,13,17H,3H2,1-2H3,(H,18,19). The van der Waals surface area contributed by atoms with E-state index in [0.29, 0.717) is 5.58 Å². The molecule has 2 heterocycles. The van der Waals surface area contributed by atoms with Crippen LogP contribution in [0.1, 0.15) is 29.0 Å². The van der Waals surface area contributed by atoms with Crippen molar-refractivity contribution in [1.82, 2.24) is 10.3 Å². The van der Waals surface area contributed by atoms with Gasteiger partial charge >= 0.3 is 5.76 Å². The Kier molecular flexibility index (Phi) is 4.01. The Bertz CT molecular complexity index is 814. The highest BCUT2D eigenvalue weighted by molar-refractivity contribution is 9.11. The molecule has 1 atom stereocenters. The van der Waals surface area contributed by atoms with E-state index >= 15 is 0 Å². The number of benzene rings is 1. The first-order valence-corrected chi connectivity index (χ1v) is 8.31. The van der Waals surface area contributed by atoms with Crippen LogP contribution in [0.25, 0.3) is 11.1 Å². The van der Waals surface area contributed by atoms with Gasteiger partial charge in [0.1, 0.15) is 0 Å². The van der Waals surface area contributed by atoms with E-state index in [4.69, 9.17) is 4.42 Å². The molecule has 0 bridgehead atoms. The molecule has 0 radical (unpaired) electrons. The van der Waals surface area contributed by atoms with Gasteiger partial charge in [-0.25, -0.2) is 4.79 Å². The molecule has 4 nitrogen and oxygen atoms in total. The number of hydrogen-bond donors (Lipinski definition) is 2. The van der Waals surface area contributed by atoms with Crippen molar-refractivity contribution in [3.63, 3.8) is 0 Å². The van der Waals surface area contributed by atoms with Crippen LogP contribution in [0.4, 0.5) is 0 Å². The normalized spacial score (nSPS) is 12.9. The topological polar surface area (TPSA) is 58.0 Å². The van der Waals surface area contributed by atoms with Gasteiger partial charge in [0.05, 0.1) is 15.3 Å². The molecule has 2 aromatic heterocycles. The highest BCUT2D eigenvalue weighted by Crippen LogP contribution is 2.34. The second-order valence-corrected chi connectivity index (χ2v) is 7.27. The first-order valence-electron chi connectivity index (χ1n) is 6.70. The van der Waals surface area contributed by atoms with E-state index < -0.39 is 5.76 Å². The van der Waals surface area contributed by atoms with Crippen molar-refractivity contribution in [3.8, 4) is 0 Å².